The number of ether oxygens (including phenoxy) is 1. The predicted molar refractivity (Wildman–Crippen MR) is 96.4 cm³/mol. The molecule has 3 rings (SSSR count). The smallest absolute Gasteiger partial charge is 0.417 e. The van der Waals surface area contributed by atoms with Crippen LogP contribution < -0.4 is 4.72 Å². The lowest BCUT2D eigenvalue weighted by atomic mass is 9.69. The van der Waals surface area contributed by atoms with Crippen LogP contribution in [0.5, 0.6) is 0 Å². The highest BCUT2D eigenvalue weighted by atomic mass is 32.2. The van der Waals surface area contributed by atoms with Crippen LogP contribution in [0.4, 0.5) is 13.2 Å². The van der Waals surface area contributed by atoms with Crippen molar-refractivity contribution in [1.82, 2.24) is 9.71 Å². The van der Waals surface area contributed by atoms with Crippen molar-refractivity contribution in [2.75, 3.05) is 7.11 Å². The first kappa shape index (κ1) is 22.7. The summed E-state index contributed by atoms with van der Waals surface area (Å²) >= 11 is 0. The number of fused-ring (bicyclic) bond motifs is 1. The molecule has 0 amide bonds. The van der Waals surface area contributed by atoms with Gasteiger partial charge in [-0.15, -0.1) is 0 Å². The van der Waals surface area contributed by atoms with Crippen LogP contribution in [0.1, 0.15) is 31.7 Å². The molecule has 0 aromatic carbocycles. The first-order valence-electron chi connectivity index (χ1n) is 9.02. The number of hydrogen-bond donors (Lipinski definition) is 3. The summed E-state index contributed by atoms with van der Waals surface area (Å²) in [5.41, 5.74) is -4.61. The zero-order valence-corrected chi connectivity index (χ0v) is 16.9. The molecule has 166 valence electrons. The molecule has 30 heavy (non-hydrogen) atoms. The number of hydrogen-bond acceptors (Lipinski definition) is 7. The van der Waals surface area contributed by atoms with E-state index in [4.69, 9.17) is 4.74 Å². The Kier molecular flexibility index (Phi) is 5.51. The zero-order valence-electron chi connectivity index (χ0n) is 16.1. The average Bonchev–Trinajstić information content (AvgIpc) is 2.94. The lowest BCUT2D eigenvalue weighted by molar-refractivity contribution is -0.143. The minimum absolute atomic E-state index is 0.0426. The number of carbonyl (C=O) groups is 1. The summed E-state index contributed by atoms with van der Waals surface area (Å²) in [6, 6.07) is 1.34. The van der Waals surface area contributed by atoms with E-state index in [1.807, 2.05) is 0 Å². The van der Waals surface area contributed by atoms with Crippen LogP contribution in [0.15, 0.2) is 35.0 Å². The van der Waals surface area contributed by atoms with E-state index in [1.54, 1.807) is 0 Å². The van der Waals surface area contributed by atoms with Gasteiger partial charge in [-0.25, -0.2) is 22.9 Å². The molecule has 0 radical (unpaired) electrons. The van der Waals surface area contributed by atoms with Gasteiger partial charge in [0, 0.05) is 11.7 Å². The van der Waals surface area contributed by atoms with Gasteiger partial charge in [-0.05, 0) is 44.2 Å². The number of aliphatic hydroxyl groups excluding tert-OH is 1. The molecule has 0 spiro atoms. The second kappa shape index (κ2) is 7.29. The van der Waals surface area contributed by atoms with Crippen molar-refractivity contribution in [3.63, 3.8) is 0 Å². The van der Waals surface area contributed by atoms with Crippen LogP contribution in [-0.2, 0) is 25.7 Å². The quantitative estimate of drug-likeness (QED) is 0.588. The Morgan fingerprint density at radius 2 is 2.00 bits per heavy atom. The summed E-state index contributed by atoms with van der Waals surface area (Å²) in [5, 5.41) is 20.6. The summed E-state index contributed by atoms with van der Waals surface area (Å²) in [4.78, 5) is 15.7. The predicted octanol–water partition coefficient (Wildman–Crippen LogP) is 1.14. The molecule has 1 fully saturated rings. The largest absolute Gasteiger partial charge is 0.466 e. The van der Waals surface area contributed by atoms with E-state index in [1.165, 1.54) is 13.0 Å². The number of aliphatic hydroxyl groups is 2. The summed E-state index contributed by atoms with van der Waals surface area (Å²) in [5.74, 6) is -1.55. The monoisotopic (exact) mass is 450 g/mol. The number of sulfonamides is 1. The summed E-state index contributed by atoms with van der Waals surface area (Å²) in [7, 11) is -3.28. The highest BCUT2D eigenvalue weighted by Gasteiger charge is 2.58. The van der Waals surface area contributed by atoms with Crippen molar-refractivity contribution in [3.05, 3.63) is 35.5 Å². The Morgan fingerprint density at radius 1 is 1.33 bits per heavy atom. The molecule has 4 atom stereocenters. The number of esters is 1. The first-order valence-corrected chi connectivity index (χ1v) is 10.5. The number of nitrogens with one attached hydrogen (secondary N) is 1. The lowest BCUT2D eigenvalue weighted by Gasteiger charge is -2.44. The van der Waals surface area contributed by atoms with E-state index >= 15 is 0 Å². The summed E-state index contributed by atoms with van der Waals surface area (Å²) < 4.78 is 70.6. The Hall–Kier alpha value is -2.02. The van der Waals surface area contributed by atoms with E-state index in [-0.39, 0.29) is 18.4 Å². The maximum Gasteiger partial charge on any atom is 0.417 e. The Balaban J connectivity index is 1.96. The average molecular weight is 450 g/mol. The molecular formula is C18H21F3N2O6S. The fraction of sp³-hybridized carbons (Fsp3) is 0.556. The molecular weight excluding hydrogens is 429 g/mol. The maximum atomic E-state index is 12.7. The third-order valence-corrected chi connectivity index (χ3v) is 7.12. The van der Waals surface area contributed by atoms with Gasteiger partial charge in [-0.1, -0.05) is 6.08 Å². The van der Waals surface area contributed by atoms with E-state index in [9.17, 15) is 36.6 Å². The molecule has 1 aromatic heterocycles. The zero-order chi connectivity index (χ0) is 22.5. The van der Waals surface area contributed by atoms with Gasteiger partial charge in [-0.2, -0.15) is 13.2 Å². The van der Waals surface area contributed by atoms with Gasteiger partial charge in [0.15, 0.2) is 5.03 Å². The number of halogens is 3. The van der Waals surface area contributed by atoms with Gasteiger partial charge in [0.2, 0.25) is 0 Å². The minimum atomic E-state index is -4.66. The Labute approximate surface area is 170 Å². The van der Waals surface area contributed by atoms with Gasteiger partial charge >= 0.3 is 12.1 Å². The highest BCUT2D eigenvalue weighted by molar-refractivity contribution is 7.89. The van der Waals surface area contributed by atoms with Crippen LogP contribution in [0.25, 0.3) is 0 Å². The topological polar surface area (TPSA) is 126 Å². The van der Waals surface area contributed by atoms with Crippen LogP contribution in [-0.4, -0.2) is 53.9 Å². The number of alkyl halides is 3. The van der Waals surface area contributed by atoms with Crippen LogP contribution >= 0.6 is 0 Å². The molecule has 1 heterocycles. The molecule has 8 nitrogen and oxygen atoms in total. The molecule has 0 saturated heterocycles. The van der Waals surface area contributed by atoms with E-state index in [0.29, 0.717) is 18.7 Å². The summed E-state index contributed by atoms with van der Waals surface area (Å²) in [6.45, 7) is 1.46. The van der Waals surface area contributed by atoms with Crippen molar-refractivity contribution in [2.24, 2.45) is 5.92 Å². The third kappa shape index (κ3) is 3.84. The number of nitrogens with zero attached hydrogens (tertiary/aromatic N) is 1. The molecule has 0 aliphatic heterocycles. The van der Waals surface area contributed by atoms with E-state index in [2.05, 4.69) is 9.71 Å². The number of methoxy groups -OCH3 is 1. The van der Waals surface area contributed by atoms with Gasteiger partial charge in [0.05, 0.1) is 24.4 Å². The van der Waals surface area contributed by atoms with Crippen molar-refractivity contribution >= 4 is 16.0 Å². The molecule has 1 aromatic rings. The number of aromatic nitrogens is 1. The molecule has 2 aliphatic rings. The van der Waals surface area contributed by atoms with Crippen LogP contribution in [0.3, 0.4) is 0 Å². The number of rotatable bonds is 4. The summed E-state index contributed by atoms with van der Waals surface area (Å²) in [6.07, 6.45) is -3.69. The molecule has 0 unspecified atom stereocenters. The maximum absolute atomic E-state index is 12.7. The van der Waals surface area contributed by atoms with Crippen LogP contribution in [0.2, 0.25) is 0 Å². The van der Waals surface area contributed by atoms with Crippen molar-refractivity contribution in [2.45, 2.75) is 54.6 Å². The van der Waals surface area contributed by atoms with E-state index < -0.39 is 55.9 Å². The molecule has 2 aliphatic carbocycles. The van der Waals surface area contributed by atoms with Gasteiger partial charge < -0.3 is 14.9 Å². The standard InChI is InChI=1S/C18H21F3N2O6S/c1-16(23-30(27,28)14-6-4-11(9-22-14)18(19,20)21)7-10-3-5-13(24)17(10,26)12(8-16)15(25)29-2/h4,6,8-10,13,23-24,26H,3,5,7H2,1-2H3/t10-,13-,16-,17+/m1/s1. The minimum Gasteiger partial charge on any atom is -0.466 e. The van der Waals surface area contributed by atoms with E-state index in [0.717, 1.165) is 13.2 Å². The van der Waals surface area contributed by atoms with Crippen LogP contribution in [0, 0.1) is 5.92 Å². The lowest BCUT2D eigenvalue weighted by Crippen LogP contribution is -2.57. The second-order valence-electron chi connectivity index (χ2n) is 7.77. The Morgan fingerprint density at radius 3 is 2.53 bits per heavy atom. The highest BCUT2D eigenvalue weighted by Crippen LogP contribution is 2.49. The third-order valence-electron chi connectivity index (χ3n) is 5.60. The fourth-order valence-corrected chi connectivity index (χ4v) is 5.50. The normalized spacial score (nSPS) is 31.8. The van der Waals surface area contributed by atoms with Crippen molar-refractivity contribution in [1.29, 1.82) is 0 Å². The number of pyridine rings is 1. The van der Waals surface area contributed by atoms with Gasteiger partial charge in [-0.3, -0.25) is 0 Å². The SMILES string of the molecule is COC(=O)C1=C[C@](C)(NS(=O)(=O)c2ccc(C(F)(F)F)cn2)C[C@H]2CC[C@@H](O)[C@@]12O. The van der Waals surface area contributed by atoms with Gasteiger partial charge in [0.25, 0.3) is 10.0 Å². The second-order valence-corrected chi connectivity index (χ2v) is 9.40. The molecule has 1 saturated carbocycles. The van der Waals surface area contributed by atoms with Crippen molar-refractivity contribution in [3.8, 4) is 0 Å². The number of carbonyl (C=O) groups excluding carboxylic acids is 1. The fourth-order valence-electron chi connectivity index (χ4n) is 4.20. The molecule has 12 heteroatoms. The van der Waals surface area contributed by atoms with Crippen molar-refractivity contribution < 1.29 is 41.3 Å². The first-order chi connectivity index (χ1) is 13.7. The molecule has 0 bridgehead atoms. The Bertz CT molecular complexity index is 979. The van der Waals surface area contributed by atoms with Gasteiger partial charge in [0.1, 0.15) is 5.60 Å². The molecule has 3 N–H and O–H groups in total.